The van der Waals surface area contributed by atoms with Gasteiger partial charge >= 0.3 is 0 Å². The number of aromatic nitrogens is 1. The fraction of sp³-hybridized carbons (Fsp3) is 0.118. The molecule has 1 heterocycles. The third-order valence-electron chi connectivity index (χ3n) is 3.70. The Morgan fingerprint density at radius 2 is 1.74 bits per heavy atom. The number of aryl methyl sites for hydroxylation is 1. The van der Waals surface area contributed by atoms with Crippen LogP contribution in [-0.4, -0.2) is 13.4 Å². The molecule has 5 nitrogen and oxygen atoms in total. The highest BCUT2D eigenvalue weighted by Crippen LogP contribution is 2.29. The number of para-hydroxylation sites is 1. The molecular weight excluding hydrogens is 310 g/mol. The molecular formula is C17H17N3O2S. The van der Waals surface area contributed by atoms with Crippen molar-refractivity contribution >= 4 is 32.3 Å². The quantitative estimate of drug-likeness (QED) is 0.773. The Morgan fingerprint density at radius 3 is 2.48 bits per heavy atom. The van der Waals surface area contributed by atoms with Crippen molar-refractivity contribution in [1.29, 1.82) is 0 Å². The summed E-state index contributed by atoms with van der Waals surface area (Å²) < 4.78 is 23.3. The number of fused-ring (bicyclic) bond motifs is 1. The molecule has 0 aliphatic heterocycles. The first-order valence-corrected chi connectivity index (χ1v) is 8.67. The van der Waals surface area contributed by atoms with Crippen LogP contribution in [0.3, 0.4) is 0 Å². The average Bonchev–Trinajstić information content (AvgIpc) is 2.48. The van der Waals surface area contributed by atoms with E-state index in [1.807, 2.05) is 43.3 Å². The van der Waals surface area contributed by atoms with Gasteiger partial charge in [0, 0.05) is 22.5 Å². The summed E-state index contributed by atoms with van der Waals surface area (Å²) in [5, 5.41) is 9.55. The number of primary sulfonamides is 1. The van der Waals surface area contributed by atoms with E-state index in [9.17, 15) is 8.42 Å². The van der Waals surface area contributed by atoms with Gasteiger partial charge in [-0.15, -0.1) is 0 Å². The topological polar surface area (TPSA) is 85.1 Å². The highest BCUT2D eigenvalue weighted by atomic mass is 32.2. The van der Waals surface area contributed by atoms with Crippen LogP contribution < -0.4 is 10.5 Å². The van der Waals surface area contributed by atoms with Crippen molar-refractivity contribution in [2.75, 3.05) is 5.32 Å². The summed E-state index contributed by atoms with van der Waals surface area (Å²) in [6.07, 6.45) is 0. The van der Waals surface area contributed by atoms with E-state index in [-0.39, 0.29) is 4.90 Å². The van der Waals surface area contributed by atoms with Crippen LogP contribution in [0.5, 0.6) is 0 Å². The summed E-state index contributed by atoms with van der Waals surface area (Å²) in [6, 6.07) is 14.7. The lowest BCUT2D eigenvalue weighted by Gasteiger charge is -2.14. The minimum absolute atomic E-state index is 0.123. The van der Waals surface area contributed by atoms with E-state index in [0.29, 0.717) is 11.3 Å². The third-order valence-corrected chi connectivity index (χ3v) is 4.76. The van der Waals surface area contributed by atoms with Gasteiger partial charge in [-0.05, 0) is 43.7 Å². The molecule has 6 heteroatoms. The van der Waals surface area contributed by atoms with Crippen molar-refractivity contribution < 1.29 is 8.42 Å². The predicted octanol–water partition coefficient (Wildman–Crippen LogP) is 3.24. The Labute approximate surface area is 135 Å². The molecule has 0 spiro atoms. The van der Waals surface area contributed by atoms with Crippen LogP contribution in [0.15, 0.2) is 53.4 Å². The summed E-state index contributed by atoms with van der Waals surface area (Å²) in [6.45, 7) is 3.66. The van der Waals surface area contributed by atoms with E-state index in [1.54, 1.807) is 13.0 Å². The number of nitrogens with one attached hydrogen (secondary N) is 1. The lowest BCUT2D eigenvalue weighted by Crippen LogP contribution is -2.14. The lowest BCUT2D eigenvalue weighted by molar-refractivity contribution is 0.597. The molecule has 23 heavy (non-hydrogen) atoms. The molecule has 0 saturated heterocycles. The molecule has 3 rings (SSSR count). The summed E-state index contributed by atoms with van der Waals surface area (Å²) in [5.74, 6) is 0. The minimum atomic E-state index is -3.75. The fourth-order valence-corrected chi connectivity index (χ4v) is 3.42. The monoisotopic (exact) mass is 327 g/mol. The number of nitrogens with two attached hydrogens (primary N) is 1. The van der Waals surface area contributed by atoms with Gasteiger partial charge in [-0.1, -0.05) is 24.3 Å². The number of benzene rings is 2. The summed E-state index contributed by atoms with van der Waals surface area (Å²) in [7, 11) is -3.75. The van der Waals surface area contributed by atoms with Gasteiger partial charge in [0.25, 0.3) is 0 Å². The molecule has 0 amide bonds. The second-order valence-electron chi connectivity index (χ2n) is 5.43. The maximum Gasteiger partial charge on any atom is 0.238 e. The van der Waals surface area contributed by atoms with Crippen molar-refractivity contribution in [3.8, 4) is 0 Å². The van der Waals surface area contributed by atoms with E-state index >= 15 is 0 Å². The molecule has 3 N–H and O–H groups in total. The van der Waals surface area contributed by atoms with Crippen molar-refractivity contribution in [3.05, 3.63) is 59.8 Å². The molecule has 0 atom stereocenters. The molecule has 0 radical (unpaired) electrons. The van der Waals surface area contributed by atoms with Crippen LogP contribution >= 0.6 is 0 Å². The number of rotatable bonds is 3. The number of sulfonamides is 1. The maximum absolute atomic E-state index is 11.7. The van der Waals surface area contributed by atoms with Crippen LogP contribution in [0, 0.1) is 13.8 Å². The van der Waals surface area contributed by atoms with Crippen molar-refractivity contribution in [2.24, 2.45) is 5.14 Å². The van der Waals surface area contributed by atoms with Gasteiger partial charge in [0.15, 0.2) is 0 Å². The lowest BCUT2D eigenvalue weighted by atomic mass is 10.1. The van der Waals surface area contributed by atoms with E-state index in [0.717, 1.165) is 22.3 Å². The van der Waals surface area contributed by atoms with Gasteiger partial charge in [-0.3, -0.25) is 4.98 Å². The summed E-state index contributed by atoms with van der Waals surface area (Å²) >= 11 is 0. The highest BCUT2D eigenvalue weighted by Gasteiger charge is 2.14. The number of anilines is 2. The third kappa shape index (κ3) is 3.04. The Kier molecular flexibility index (Phi) is 3.79. The standard InChI is InChI=1S/C17H17N3O2S/c1-11-10-16(13-6-3-4-7-15(13)19-11)20-14-8-5-9-17(12(14)2)23(18,21)22/h3-10H,1-2H3,(H,19,20)(H2,18,21,22). The molecule has 0 saturated carbocycles. The van der Waals surface area contributed by atoms with Crippen molar-refractivity contribution in [2.45, 2.75) is 18.7 Å². The molecule has 0 unspecified atom stereocenters. The molecule has 1 aromatic heterocycles. The van der Waals surface area contributed by atoms with E-state index < -0.39 is 10.0 Å². The number of hydrogen-bond donors (Lipinski definition) is 2. The number of nitrogens with zero attached hydrogens (tertiary/aromatic N) is 1. The SMILES string of the molecule is Cc1cc(Nc2cccc(S(N)(=O)=O)c2C)c2ccccc2n1. The van der Waals surface area contributed by atoms with Gasteiger partial charge < -0.3 is 5.32 Å². The van der Waals surface area contributed by atoms with Crippen LogP contribution in [0.25, 0.3) is 10.9 Å². The summed E-state index contributed by atoms with van der Waals surface area (Å²) in [4.78, 5) is 4.62. The van der Waals surface area contributed by atoms with Gasteiger partial charge in [-0.2, -0.15) is 0 Å². The molecule has 0 aliphatic carbocycles. The minimum Gasteiger partial charge on any atom is -0.355 e. The zero-order valence-electron chi connectivity index (χ0n) is 12.9. The Balaban J connectivity index is 2.14. The van der Waals surface area contributed by atoms with Gasteiger partial charge in [-0.25, -0.2) is 13.6 Å². The Bertz CT molecular complexity index is 998. The molecule has 0 bridgehead atoms. The smallest absolute Gasteiger partial charge is 0.238 e. The Morgan fingerprint density at radius 1 is 1.00 bits per heavy atom. The normalized spacial score (nSPS) is 11.6. The van der Waals surface area contributed by atoms with Crippen LogP contribution in [0.2, 0.25) is 0 Å². The second kappa shape index (κ2) is 5.64. The fourth-order valence-electron chi connectivity index (χ4n) is 2.61. The molecule has 3 aromatic rings. The molecule has 0 fully saturated rings. The molecule has 0 aliphatic rings. The first-order chi connectivity index (χ1) is 10.9. The molecule has 118 valence electrons. The number of hydrogen-bond acceptors (Lipinski definition) is 4. The zero-order chi connectivity index (χ0) is 16.6. The first kappa shape index (κ1) is 15.5. The van der Waals surface area contributed by atoms with Gasteiger partial charge in [0.1, 0.15) is 0 Å². The van der Waals surface area contributed by atoms with Crippen molar-refractivity contribution in [3.63, 3.8) is 0 Å². The van der Waals surface area contributed by atoms with E-state index in [2.05, 4.69) is 10.3 Å². The van der Waals surface area contributed by atoms with Gasteiger partial charge in [0.2, 0.25) is 10.0 Å². The second-order valence-corrected chi connectivity index (χ2v) is 6.96. The van der Waals surface area contributed by atoms with Crippen molar-refractivity contribution in [1.82, 2.24) is 4.98 Å². The van der Waals surface area contributed by atoms with E-state index in [4.69, 9.17) is 5.14 Å². The highest BCUT2D eigenvalue weighted by molar-refractivity contribution is 7.89. The largest absolute Gasteiger partial charge is 0.355 e. The van der Waals surface area contributed by atoms with Crippen LogP contribution in [-0.2, 0) is 10.0 Å². The first-order valence-electron chi connectivity index (χ1n) is 7.12. The zero-order valence-corrected chi connectivity index (χ0v) is 13.7. The predicted molar refractivity (Wildman–Crippen MR) is 92.3 cm³/mol. The van der Waals surface area contributed by atoms with Crippen LogP contribution in [0.4, 0.5) is 11.4 Å². The molecule has 2 aromatic carbocycles. The summed E-state index contributed by atoms with van der Waals surface area (Å²) in [5.41, 5.74) is 3.94. The van der Waals surface area contributed by atoms with Crippen LogP contribution in [0.1, 0.15) is 11.3 Å². The average molecular weight is 327 g/mol. The Hall–Kier alpha value is -2.44. The number of pyridine rings is 1. The maximum atomic E-state index is 11.7. The van der Waals surface area contributed by atoms with E-state index in [1.165, 1.54) is 6.07 Å². The van der Waals surface area contributed by atoms with Gasteiger partial charge in [0.05, 0.1) is 10.4 Å².